The summed E-state index contributed by atoms with van der Waals surface area (Å²) in [7, 11) is 0. The highest BCUT2D eigenvalue weighted by Crippen LogP contribution is 2.45. The molecule has 212 valence electrons. The molecule has 0 aliphatic heterocycles. The molecule has 0 heterocycles. The van der Waals surface area contributed by atoms with Crippen LogP contribution in [0.3, 0.4) is 0 Å². The lowest BCUT2D eigenvalue weighted by Gasteiger charge is -2.30. The topological polar surface area (TPSA) is 32.7 Å². The van der Waals surface area contributed by atoms with Gasteiger partial charge in [0.15, 0.2) is 6.10 Å². The minimum Gasteiger partial charge on any atom is -0.489 e. The maximum Gasteiger partial charge on any atom is 0.458 e. The quantitative estimate of drug-likeness (QED) is 0.277. The van der Waals surface area contributed by atoms with Gasteiger partial charge in [-0.2, -0.15) is 48.3 Å². The molecule has 1 unspecified atom stereocenters. The summed E-state index contributed by atoms with van der Waals surface area (Å²) in [6.45, 7) is -1.69. The van der Waals surface area contributed by atoms with Crippen LogP contribution >= 0.6 is 0 Å². The number of nitrogens with zero attached hydrogens (tertiary/aromatic N) is 1. The highest BCUT2D eigenvalue weighted by Gasteiger charge is 2.58. The number of anilines is 2. The van der Waals surface area contributed by atoms with Crippen molar-refractivity contribution in [3.63, 3.8) is 0 Å². The molecular weight excluding hydrogens is 555 g/mol. The summed E-state index contributed by atoms with van der Waals surface area (Å²) in [5, 5.41) is 9.63. The smallest absolute Gasteiger partial charge is 0.458 e. The van der Waals surface area contributed by atoms with E-state index in [0.717, 1.165) is 36.4 Å². The fourth-order valence-corrected chi connectivity index (χ4v) is 3.41. The molecule has 0 aliphatic rings. The van der Waals surface area contributed by atoms with Gasteiger partial charge in [0.1, 0.15) is 12.4 Å². The number of aliphatic hydroxyl groups is 1. The van der Waals surface area contributed by atoms with Gasteiger partial charge in [-0.3, -0.25) is 0 Å². The molecule has 0 fully saturated rings. The van der Waals surface area contributed by atoms with Gasteiger partial charge < -0.3 is 14.7 Å². The zero-order valence-corrected chi connectivity index (χ0v) is 19.4. The van der Waals surface area contributed by atoms with Crippen LogP contribution in [0.1, 0.15) is 16.7 Å². The molecule has 39 heavy (non-hydrogen) atoms. The van der Waals surface area contributed by atoms with Crippen LogP contribution in [0.4, 0.5) is 59.7 Å². The second kappa shape index (κ2) is 10.9. The lowest BCUT2D eigenvalue weighted by atomic mass is 10.1. The van der Waals surface area contributed by atoms with Crippen molar-refractivity contribution < 1.29 is 58.1 Å². The molecule has 14 heteroatoms. The van der Waals surface area contributed by atoms with Crippen LogP contribution in [0.5, 0.6) is 5.75 Å². The first-order chi connectivity index (χ1) is 17.9. The van der Waals surface area contributed by atoms with Gasteiger partial charge in [-0.1, -0.05) is 30.3 Å². The summed E-state index contributed by atoms with van der Waals surface area (Å²) in [6, 6.07) is 11.5. The first kappa shape index (κ1) is 30.0. The second-order valence-corrected chi connectivity index (χ2v) is 8.27. The summed E-state index contributed by atoms with van der Waals surface area (Å²) in [5.74, 6) is -5.40. The first-order valence-electron chi connectivity index (χ1n) is 10.9. The number of ether oxygens (including phenoxy) is 1. The monoisotopic (exact) mass is 573 g/mol. The van der Waals surface area contributed by atoms with Crippen LogP contribution in [0.15, 0.2) is 72.8 Å². The minimum absolute atomic E-state index is 0.0758. The lowest BCUT2D eigenvalue weighted by Crippen LogP contribution is -2.39. The molecule has 0 saturated heterocycles. The van der Waals surface area contributed by atoms with E-state index >= 15 is 0 Å². The van der Waals surface area contributed by atoms with E-state index in [2.05, 4.69) is 0 Å². The molecule has 3 aromatic rings. The molecule has 3 rings (SSSR count). The van der Waals surface area contributed by atoms with Gasteiger partial charge in [-0.25, -0.2) is 0 Å². The van der Waals surface area contributed by atoms with Gasteiger partial charge in [0.05, 0.1) is 12.1 Å². The molecule has 3 nitrogen and oxygen atoms in total. The zero-order valence-electron chi connectivity index (χ0n) is 19.4. The molecule has 0 aliphatic carbocycles. The Balaban J connectivity index is 1.96. The Hall–Kier alpha value is -3.55. The number of rotatable bonds is 8. The van der Waals surface area contributed by atoms with Gasteiger partial charge in [0.2, 0.25) is 0 Å². The third-order valence-corrected chi connectivity index (χ3v) is 5.40. The second-order valence-electron chi connectivity index (χ2n) is 8.27. The third kappa shape index (κ3) is 7.31. The van der Waals surface area contributed by atoms with Crippen LogP contribution in [0, 0.1) is 0 Å². The molecule has 0 aromatic heterocycles. The predicted octanol–water partition coefficient (Wildman–Crippen LogP) is 8.00. The summed E-state index contributed by atoms with van der Waals surface area (Å²) >= 11 is 0. The lowest BCUT2D eigenvalue weighted by molar-refractivity contribution is -0.289. The molecule has 3 aromatic carbocycles. The van der Waals surface area contributed by atoms with Gasteiger partial charge in [0, 0.05) is 23.0 Å². The number of hydrogen-bond donors (Lipinski definition) is 1. The number of hydrogen-bond acceptors (Lipinski definition) is 3. The average molecular weight is 573 g/mol. The molecule has 1 atom stereocenters. The Bertz CT molecular complexity index is 1270. The van der Waals surface area contributed by atoms with E-state index in [9.17, 15) is 53.4 Å². The van der Waals surface area contributed by atoms with Crippen molar-refractivity contribution >= 4 is 11.4 Å². The molecule has 1 N–H and O–H groups in total. The van der Waals surface area contributed by atoms with E-state index < -0.39 is 60.5 Å². The van der Waals surface area contributed by atoms with Gasteiger partial charge in [-0.05, 0) is 42.0 Å². The number of alkyl halides is 11. The molecule has 0 saturated carbocycles. The fourth-order valence-electron chi connectivity index (χ4n) is 3.41. The van der Waals surface area contributed by atoms with Crippen molar-refractivity contribution in [2.24, 2.45) is 0 Å². The summed E-state index contributed by atoms with van der Waals surface area (Å²) in [5.41, 5.74) is -3.13. The highest BCUT2D eigenvalue weighted by molar-refractivity contribution is 5.65. The molecule has 0 radical (unpaired) electrons. The summed E-state index contributed by atoms with van der Waals surface area (Å²) in [6.07, 6.45) is -18.8. The fraction of sp³-hybridized carbons (Fsp3) is 0.280. The number of halogens is 11. The Morgan fingerprint density at radius 1 is 0.692 bits per heavy atom. The summed E-state index contributed by atoms with van der Waals surface area (Å²) < 4.78 is 150. The van der Waals surface area contributed by atoms with E-state index in [1.165, 1.54) is 24.3 Å². The highest BCUT2D eigenvalue weighted by atomic mass is 19.4. The third-order valence-electron chi connectivity index (χ3n) is 5.40. The Morgan fingerprint density at radius 3 is 1.85 bits per heavy atom. The SMILES string of the molecule is OC(CN(c1cccc(OCc2cccc(C(F)(F)F)c2)c1)c1cccc(C(F)(F)C(F)(F)F)c1)C(F)(F)F. The average Bonchev–Trinajstić information content (AvgIpc) is 2.84. The Kier molecular flexibility index (Phi) is 8.39. The van der Waals surface area contributed by atoms with Crippen molar-refractivity contribution in [1.29, 1.82) is 0 Å². The van der Waals surface area contributed by atoms with Crippen molar-refractivity contribution in [1.82, 2.24) is 0 Å². The van der Waals surface area contributed by atoms with E-state index in [1.54, 1.807) is 0 Å². The predicted molar refractivity (Wildman–Crippen MR) is 118 cm³/mol. The minimum atomic E-state index is -5.99. The van der Waals surface area contributed by atoms with Crippen molar-refractivity contribution in [3.8, 4) is 5.75 Å². The van der Waals surface area contributed by atoms with Crippen LogP contribution in [0.25, 0.3) is 0 Å². The van der Waals surface area contributed by atoms with Crippen molar-refractivity contribution in [3.05, 3.63) is 89.5 Å². The summed E-state index contributed by atoms with van der Waals surface area (Å²) in [4.78, 5) is 0.658. The van der Waals surface area contributed by atoms with Crippen molar-refractivity contribution in [2.45, 2.75) is 37.2 Å². The number of benzene rings is 3. The van der Waals surface area contributed by atoms with Gasteiger partial charge >= 0.3 is 24.5 Å². The van der Waals surface area contributed by atoms with Gasteiger partial charge in [0.25, 0.3) is 0 Å². The first-order valence-corrected chi connectivity index (χ1v) is 10.9. The van der Waals surface area contributed by atoms with Gasteiger partial charge in [-0.15, -0.1) is 0 Å². The standard InChI is InChI=1S/C25H18F11NO2/c26-22(27,25(34,35)36)16-5-2-7-18(11-16)37(13-21(38)24(31,32)33)19-8-3-9-20(12-19)39-14-15-4-1-6-17(10-15)23(28,29)30/h1-12,21,38H,13-14H2. The Morgan fingerprint density at radius 2 is 1.26 bits per heavy atom. The van der Waals surface area contributed by atoms with E-state index in [1.807, 2.05) is 0 Å². The molecular formula is C25H18F11NO2. The Labute approximate surface area is 214 Å². The van der Waals surface area contributed by atoms with E-state index in [-0.39, 0.29) is 17.0 Å². The van der Waals surface area contributed by atoms with Crippen molar-refractivity contribution in [2.75, 3.05) is 11.4 Å². The number of aliphatic hydroxyl groups excluding tert-OH is 1. The van der Waals surface area contributed by atoms with E-state index in [0.29, 0.717) is 17.0 Å². The normalized spacial score (nSPS) is 13.7. The maximum absolute atomic E-state index is 13.9. The van der Waals surface area contributed by atoms with E-state index in [4.69, 9.17) is 4.74 Å². The van der Waals surface area contributed by atoms with Crippen LogP contribution in [-0.4, -0.2) is 30.1 Å². The van der Waals surface area contributed by atoms with Crippen LogP contribution in [-0.2, 0) is 18.7 Å². The maximum atomic E-state index is 13.9. The largest absolute Gasteiger partial charge is 0.489 e. The van der Waals surface area contributed by atoms with Crippen LogP contribution in [0.2, 0.25) is 0 Å². The molecule has 0 spiro atoms. The zero-order chi connectivity index (χ0) is 29.2. The molecule has 0 bridgehead atoms. The van der Waals surface area contributed by atoms with Crippen LogP contribution < -0.4 is 9.64 Å². The molecule has 0 amide bonds.